The second kappa shape index (κ2) is 4.88. The van der Waals surface area contributed by atoms with E-state index in [1.54, 1.807) is 6.92 Å². The predicted molar refractivity (Wildman–Crippen MR) is 72.4 cm³/mol. The van der Waals surface area contributed by atoms with E-state index in [1.165, 1.54) is 5.56 Å². The smallest absolute Gasteiger partial charge is 0.176 e. The van der Waals surface area contributed by atoms with Crippen LogP contribution in [-0.2, 0) is 0 Å². The molecule has 0 saturated heterocycles. The van der Waals surface area contributed by atoms with Gasteiger partial charge in [0.25, 0.3) is 0 Å². The molecular weight excluding hydrogens is 278 g/mol. The van der Waals surface area contributed by atoms with Crippen LogP contribution in [-0.4, -0.2) is 10.4 Å². The monoisotopic (exact) mass is 291 g/mol. The van der Waals surface area contributed by atoms with Gasteiger partial charge in [0.15, 0.2) is 5.78 Å². The van der Waals surface area contributed by atoms with Gasteiger partial charge in [-0.3, -0.25) is 4.79 Å². The second-order valence-electron chi connectivity index (χ2n) is 4.05. The molecular formula is C14H14BrNO. The Balaban J connectivity index is 2.47. The van der Waals surface area contributed by atoms with Crippen LogP contribution in [0.4, 0.5) is 0 Å². The molecule has 88 valence electrons. The average molecular weight is 292 g/mol. The van der Waals surface area contributed by atoms with Crippen LogP contribution >= 0.6 is 15.9 Å². The van der Waals surface area contributed by atoms with Gasteiger partial charge in [-0.05, 0) is 40.5 Å². The number of carbonyl (C=O) groups excluding carboxylic acids is 1. The minimum atomic E-state index is 0.0819. The van der Waals surface area contributed by atoms with Crippen molar-refractivity contribution in [2.24, 2.45) is 0 Å². The van der Waals surface area contributed by atoms with E-state index in [-0.39, 0.29) is 11.8 Å². The molecule has 0 aliphatic heterocycles. The molecule has 3 heteroatoms. The van der Waals surface area contributed by atoms with E-state index in [1.807, 2.05) is 34.9 Å². The maximum Gasteiger partial charge on any atom is 0.176 e. The summed E-state index contributed by atoms with van der Waals surface area (Å²) in [6.07, 6.45) is 0. The fourth-order valence-electron chi connectivity index (χ4n) is 1.98. The minimum absolute atomic E-state index is 0.0819. The molecule has 1 atom stereocenters. The Morgan fingerprint density at radius 3 is 2.41 bits per heavy atom. The lowest BCUT2D eigenvalue weighted by molar-refractivity contribution is 0.100. The Labute approximate surface area is 109 Å². The molecule has 0 fully saturated rings. The summed E-state index contributed by atoms with van der Waals surface area (Å²) >= 11 is 3.49. The number of benzene rings is 1. The zero-order chi connectivity index (χ0) is 12.4. The molecule has 2 nitrogen and oxygen atoms in total. The molecule has 1 aromatic carbocycles. The summed E-state index contributed by atoms with van der Waals surface area (Å²) in [5.74, 6) is 0.0819. The van der Waals surface area contributed by atoms with E-state index < -0.39 is 0 Å². The second-order valence-corrected chi connectivity index (χ2v) is 4.87. The van der Waals surface area contributed by atoms with Crippen LogP contribution in [0.5, 0.6) is 0 Å². The molecule has 1 unspecified atom stereocenters. The molecule has 2 rings (SSSR count). The Morgan fingerprint density at radius 2 is 1.82 bits per heavy atom. The Kier molecular flexibility index (Phi) is 3.48. The van der Waals surface area contributed by atoms with Gasteiger partial charge in [-0.1, -0.05) is 30.3 Å². The van der Waals surface area contributed by atoms with Gasteiger partial charge in [-0.15, -0.1) is 0 Å². The number of hydrogen-bond acceptors (Lipinski definition) is 1. The molecule has 0 N–H and O–H groups in total. The van der Waals surface area contributed by atoms with Crippen molar-refractivity contribution in [3.63, 3.8) is 0 Å². The fraction of sp³-hybridized carbons (Fsp3) is 0.214. The summed E-state index contributed by atoms with van der Waals surface area (Å²) in [6, 6.07) is 14.1. The third-order valence-corrected chi connectivity index (χ3v) is 3.54. The number of hydrogen-bond donors (Lipinski definition) is 0. The van der Waals surface area contributed by atoms with Crippen molar-refractivity contribution in [3.8, 4) is 0 Å². The van der Waals surface area contributed by atoms with Crippen LogP contribution in [0.3, 0.4) is 0 Å². The standard InChI is InChI=1S/C14H14BrNO/c1-10(12-6-4-3-5-7-12)16-13(11(2)17)8-9-14(16)15/h3-10H,1-2H3. The molecule has 2 aromatic rings. The summed E-state index contributed by atoms with van der Waals surface area (Å²) in [6.45, 7) is 3.68. The first kappa shape index (κ1) is 12.1. The summed E-state index contributed by atoms with van der Waals surface area (Å²) in [7, 11) is 0. The summed E-state index contributed by atoms with van der Waals surface area (Å²) in [4.78, 5) is 11.6. The molecule has 0 radical (unpaired) electrons. The lowest BCUT2D eigenvalue weighted by Crippen LogP contribution is -2.12. The van der Waals surface area contributed by atoms with Gasteiger partial charge in [0.2, 0.25) is 0 Å². The van der Waals surface area contributed by atoms with Gasteiger partial charge < -0.3 is 4.57 Å². The van der Waals surface area contributed by atoms with Gasteiger partial charge in [0.05, 0.1) is 16.3 Å². The number of rotatable bonds is 3. The van der Waals surface area contributed by atoms with Crippen molar-refractivity contribution in [1.82, 2.24) is 4.57 Å². The SMILES string of the molecule is CC(=O)c1ccc(Br)n1C(C)c1ccccc1. The minimum Gasteiger partial charge on any atom is -0.326 e. The fourth-order valence-corrected chi connectivity index (χ4v) is 2.61. The average Bonchev–Trinajstić information content (AvgIpc) is 2.71. The van der Waals surface area contributed by atoms with E-state index in [9.17, 15) is 4.79 Å². The number of Topliss-reactive ketones (excluding diaryl/α,β-unsaturated/α-hetero) is 1. The van der Waals surface area contributed by atoms with E-state index in [4.69, 9.17) is 0 Å². The van der Waals surface area contributed by atoms with Crippen molar-refractivity contribution >= 4 is 21.7 Å². The van der Waals surface area contributed by atoms with Gasteiger partial charge in [0, 0.05) is 6.92 Å². The summed E-state index contributed by atoms with van der Waals surface area (Å²) in [5.41, 5.74) is 1.92. The van der Waals surface area contributed by atoms with Crippen molar-refractivity contribution in [2.75, 3.05) is 0 Å². The van der Waals surface area contributed by atoms with Crippen LogP contribution < -0.4 is 0 Å². The van der Waals surface area contributed by atoms with Gasteiger partial charge >= 0.3 is 0 Å². The third kappa shape index (κ3) is 2.34. The number of carbonyl (C=O) groups is 1. The van der Waals surface area contributed by atoms with Gasteiger partial charge in [-0.25, -0.2) is 0 Å². The number of aromatic nitrogens is 1. The Bertz CT molecular complexity index is 530. The normalized spacial score (nSPS) is 12.4. The van der Waals surface area contributed by atoms with Crippen LogP contribution in [0.25, 0.3) is 0 Å². The predicted octanol–water partition coefficient (Wildman–Crippen LogP) is 4.06. The maximum atomic E-state index is 11.6. The number of nitrogens with zero attached hydrogens (tertiary/aromatic N) is 1. The lowest BCUT2D eigenvalue weighted by Gasteiger charge is -2.18. The van der Waals surface area contributed by atoms with Crippen LogP contribution in [0, 0.1) is 0 Å². The Morgan fingerprint density at radius 1 is 1.18 bits per heavy atom. The zero-order valence-corrected chi connectivity index (χ0v) is 11.4. The van der Waals surface area contributed by atoms with Crippen molar-refractivity contribution < 1.29 is 4.79 Å². The lowest BCUT2D eigenvalue weighted by atomic mass is 10.1. The highest BCUT2D eigenvalue weighted by molar-refractivity contribution is 9.10. The first-order valence-corrected chi connectivity index (χ1v) is 6.33. The molecule has 0 aliphatic rings. The Hall–Kier alpha value is -1.35. The van der Waals surface area contributed by atoms with E-state index >= 15 is 0 Å². The largest absolute Gasteiger partial charge is 0.326 e. The summed E-state index contributed by atoms with van der Waals surface area (Å²) < 4.78 is 2.94. The van der Waals surface area contributed by atoms with Gasteiger partial charge in [-0.2, -0.15) is 0 Å². The first-order chi connectivity index (χ1) is 8.11. The highest BCUT2D eigenvalue weighted by Crippen LogP contribution is 2.26. The topological polar surface area (TPSA) is 22.0 Å². The highest BCUT2D eigenvalue weighted by Gasteiger charge is 2.16. The first-order valence-electron chi connectivity index (χ1n) is 5.54. The molecule has 0 bridgehead atoms. The number of halogens is 1. The highest BCUT2D eigenvalue weighted by atomic mass is 79.9. The quantitative estimate of drug-likeness (QED) is 0.782. The molecule has 0 aliphatic carbocycles. The van der Waals surface area contributed by atoms with Crippen LogP contribution in [0.2, 0.25) is 0 Å². The molecule has 0 amide bonds. The molecule has 1 aromatic heterocycles. The molecule has 0 saturated carbocycles. The van der Waals surface area contributed by atoms with Crippen LogP contribution in [0.15, 0.2) is 47.1 Å². The molecule has 0 spiro atoms. The maximum absolute atomic E-state index is 11.6. The van der Waals surface area contributed by atoms with E-state index in [2.05, 4.69) is 35.0 Å². The number of ketones is 1. The van der Waals surface area contributed by atoms with Crippen LogP contribution in [0.1, 0.15) is 35.9 Å². The van der Waals surface area contributed by atoms with Crippen molar-refractivity contribution in [2.45, 2.75) is 19.9 Å². The van der Waals surface area contributed by atoms with Gasteiger partial charge in [0.1, 0.15) is 0 Å². The molecule has 1 heterocycles. The third-order valence-electron chi connectivity index (χ3n) is 2.90. The van der Waals surface area contributed by atoms with Crippen molar-refractivity contribution in [3.05, 3.63) is 58.3 Å². The van der Waals surface area contributed by atoms with E-state index in [0.717, 1.165) is 10.3 Å². The molecule has 17 heavy (non-hydrogen) atoms. The summed E-state index contributed by atoms with van der Waals surface area (Å²) in [5, 5.41) is 0. The van der Waals surface area contributed by atoms with Crippen molar-refractivity contribution in [1.29, 1.82) is 0 Å². The van der Waals surface area contributed by atoms with E-state index in [0.29, 0.717) is 0 Å². The zero-order valence-electron chi connectivity index (χ0n) is 9.85.